The molecule has 166 valence electrons. The van der Waals surface area contributed by atoms with E-state index in [1.807, 2.05) is 24.0 Å². The fourth-order valence-corrected chi connectivity index (χ4v) is 3.57. The summed E-state index contributed by atoms with van der Waals surface area (Å²) in [6.07, 6.45) is 4.19. The van der Waals surface area contributed by atoms with Crippen LogP contribution in [0.15, 0.2) is 30.6 Å². The third kappa shape index (κ3) is 6.21. The number of aryl methyl sites for hydroxylation is 1. The van der Waals surface area contributed by atoms with Crippen molar-refractivity contribution in [2.75, 3.05) is 31.2 Å². The maximum atomic E-state index is 11.9. The molecule has 0 unspecified atom stereocenters. The van der Waals surface area contributed by atoms with E-state index in [-0.39, 0.29) is 23.2 Å². The number of benzene rings is 1. The van der Waals surface area contributed by atoms with Crippen LogP contribution in [0.25, 0.3) is 0 Å². The molecule has 1 aliphatic heterocycles. The normalized spacial score (nSPS) is 14.5. The highest BCUT2D eigenvalue weighted by molar-refractivity contribution is 5.75. The smallest absolute Gasteiger partial charge is 0.373 e. The van der Waals surface area contributed by atoms with E-state index in [0.29, 0.717) is 50.8 Å². The van der Waals surface area contributed by atoms with Gasteiger partial charge in [-0.3, -0.25) is 10.1 Å². The van der Waals surface area contributed by atoms with Gasteiger partial charge in [0, 0.05) is 32.7 Å². The monoisotopic (exact) mass is 428 g/mol. The molecule has 0 radical (unpaired) electrons. The summed E-state index contributed by atoms with van der Waals surface area (Å²) in [7, 11) is 0. The Morgan fingerprint density at radius 1 is 1.23 bits per heavy atom. The largest absolute Gasteiger partial charge is 0.434 e. The molecule has 0 spiro atoms. The maximum absolute atomic E-state index is 11.9. The minimum Gasteiger partial charge on any atom is -0.434 e. The van der Waals surface area contributed by atoms with Gasteiger partial charge in [-0.2, -0.15) is 4.98 Å². The number of hydrogen-bond donors (Lipinski definition) is 0. The number of anilines is 1. The minimum absolute atomic E-state index is 0.0806. The van der Waals surface area contributed by atoms with Crippen LogP contribution < -0.4 is 9.64 Å². The quantitative estimate of drug-likeness (QED) is 0.413. The van der Waals surface area contributed by atoms with Crippen molar-refractivity contribution in [1.29, 1.82) is 0 Å². The lowest BCUT2D eigenvalue weighted by molar-refractivity contribution is -0.385. The highest BCUT2D eigenvalue weighted by Gasteiger charge is 2.31. The Labute approximate surface area is 181 Å². The van der Waals surface area contributed by atoms with Gasteiger partial charge in [-0.15, -0.1) is 0 Å². The first kappa shape index (κ1) is 22.6. The van der Waals surface area contributed by atoms with E-state index in [0.717, 1.165) is 18.4 Å². The molecule has 0 bridgehead atoms. The first-order chi connectivity index (χ1) is 15.0. The first-order valence-corrected chi connectivity index (χ1v) is 10.6. The van der Waals surface area contributed by atoms with Gasteiger partial charge in [0.2, 0.25) is 5.82 Å². The molecule has 0 amide bonds. The van der Waals surface area contributed by atoms with Crippen molar-refractivity contribution in [2.24, 2.45) is 5.92 Å². The molecule has 31 heavy (non-hydrogen) atoms. The molecule has 0 atom stereocenters. The third-order valence-corrected chi connectivity index (χ3v) is 5.33. The van der Waals surface area contributed by atoms with Gasteiger partial charge in [0.15, 0.2) is 0 Å². The van der Waals surface area contributed by atoms with Gasteiger partial charge in [0.25, 0.3) is 0 Å². The molecule has 2 heterocycles. The molecule has 1 saturated heterocycles. The molecule has 0 saturated carbocycles. The number of rotatable bonds is 10. The Morgan fingerprint density at radius 3 is 2.55 bits per heavy atom. The van der Waals surface area contributed by atoms with Crippen LogP contribution in [-0.2, 0) is 16.0 Å². The first-order valence-electron chi connectivity index (χ1n) is 10.6. The molecule has 1 aromatic heterocycles. The number of ether oxygens (including phenoxy) is 2. The van der Waals surface area contributed by atoms with Crippen molar-refractivity contribution in [3.63, 3.8) is 0 Å². The number of ketones is 1. The molecule has 0 aliphatic carbocycles. The number of piperidine rings is 1. The lowest BCUT2D eigenvalue weighted by Gasteiger charge is -2.32. The van der Waals surface area contributed by atoms with E-state index in [1.165, 1.54) is 6.33 Å². The van der Waals surface area contributed by atoms with E-state index in [9.17, 15) is 14.9 Å². The summed E-state index contributed by atoms with van der Waals surface area (Å²) in [5.41, 5.74) is 0.766. The number of Topliss-reactive ketones (excluding diaryl/α,β-unsaturated/α-hetero) is 1. The van der Waals surface area contributed by atoms with E-state index in [4.69, 9.17) is 9.47 Å². The van der Waals surface area contributed by atoms with Crippen molar-refractivity contribution in [1.82, 2.24) is 9.97 Å². The van der Waals surface area contributed by atoms with Crippen molar-refractivity contribution in [3.05, 3.63) is 46.3 Å². The van der Waals surface area contributed by atoms with Crippen LogP contribution >= 0.6 is 0 Å². The summed E-state index contributed by atoms with van der Waals surface area (Å²) >= 11 is 0. The zero-order valence-corrected chi connectivity index (χ0v) is 18.0. The molecule has 2 aromatic rings. The molecule has 1 aromatic carbocycles. The number of aromatic nitrogens is 2. The van der Waals surface area contributed by atoms with Gasteiger partial charge in [0.1, 0.15) is 17.9 Å². The summed E-state index contributed by atoms with van der Waals surface area (Å²) in [5.74, 6) is 1.22. The number of hydrogen-bond acceptors (Lipinski definition) is 8. The van der Waals surface area contributed by atoms with Crippen LogP contribution in [0.3, 0.4) is 0 Å². The van der Waals surface area contributed by atoms with Crippen LogP contribution in [-0.4, -0.2) is 47.0 Å². The zero-order chi connectivity index (χ0) is 22.2. The van der Waals surface area contributed by atoms with Crippen LogP contribution in [0, 0.1) is 16.0 Å². The van der Waals surface area contributed by atoms with Crippen LogP contribution in [0.1, 0.15) is 38.7 Å². The molecule has 9 heteroatoms. The highest BCUT2D eigenvalue weighted by Crippen LogP contribution is 2.37. The average molecular weight is 428 g/mol. The van der Waals surface area contributed by atoms with E-state index >= 15 is 0 Å². The Hall–Kier alpha value is -3.07. The molecule has 1 fully saturated rings. The number of carbonyl (C=O) groups is 1. The van der Waals surface area contributed by atoms with E-state index in [1.54, 1.807) is 19.1 Å². The van der Waals surface area contributed by atoms with Crippen LogP contribution in [0.2, 0.25) is 0 Å². The summed E-state index contributed by atoms with van der Waals surface area (Å²) in [6.45, 7) is 6.27. The molecular weight excluding hydrogens is 400 g/mol. The number of nitro groups is 1. The molecule has 1 aliphatic rings. The molecule has 0 N–H and O–H groups in total. The highest BCUT2D eigenvalue weighted by atomic mass is 16.6. The SMILES string of the molecule is CCOCC1CCN(c2ncnc(Oc3ccc(CCC(C)=O)cc3)c2[N+](=O)[O-])CC1. The summed E-state index contributed by atoms with van der Waals surface area (Å²) in [4.78, 5) is 32.6. The number of carbonyl (C=O) groups excluding carboxylic acids is 1. The lowest BCUT2D eigenvalue weighted by atomic mass is 9.98. The van der Waals surface area contributed by atoms with Gasteiger partial charge in [-0.25, -0.2) is 4.98 Å². The fraction of sp³-hybridized carbons (Fsp3) is 0.500. The van der Waals surface area contributed by atoms with Gasteiger partial charge in [-0.1, -0.05) is 12.1 Å². The van der Waals surface area contributed by atoms with Gasteiger partial charge < -0.3 is 19.2 Å². The van der Waals surface area contributed by atoms with Gasteiger partial charge >= 0.3 is 11.6 Å². The number of nitrogens with zero attached hydrogens (tertiary/aromatic N) is 4. The summed E-state index contributed by atoms with van der Waals surface area (Å²) in [6, 6.07) is 7.13. The predicted molar refractivity (Wildman–Crippen MR) is 116 cm³/mol. The molecular formula is C22H28N4O5. The Kier molecular flexibility index (Phi) is 7.88. The molecule has 3 rings (SSSR count). The van der Waals surface area contributed by atoms with Crippen LogP contribution in [0.4, 0.5) is 11.5 Å². The minimum atomic E-state index is -0.488. The molecule has 9 nitrogen and oxygen atoms in total. The van der Waals surface area contributed by atoms with Crippen molar-refractivity contribution in [2.45, 2.75) is 39.5 Å². The van der Waals surface area contributed by atoms with Crippen LogP contribution in [0.5, 0.6) is 11.6 Å². The van der Waals surface area contributed by atoms with Gasteiger partial charge in [0.05, 0.1) is 4.92 Å². The van der Waals surface area contributed by atoms with Crippen molar-refractivity contribution >= 4 is 17.3 Å². The standard InChI is InChI=1S/C22H28N4O5/c1-3-30-14-18-10-12-25(13-11-18)21-20(26(28)29)22(24-15-23-21)31-19-8-6-17(7-9-19)5-4-16(2)27/h6-9,15,18H,3-5,10-14H2,1-2H3. The van der Waals surface area contributed by atoms with Crippen molar-refractivity contribution in [3.8, 4) is 11.6 Å². The Balaban J connectivity index is 1.73. The third-order valence-electron chi connectivity index (χ3n) is 5.33. The Bertz CT molecular complexity index is 895. The zero-order valence-electron chi connectivity index (χ0n) is 18.0. The van der Waals surface area contributed by atoms with Crippen molar-refractivity contribution < 1.29 is 19.2 Å². The Morgan fingerprint density at radius 2 is 1.94 bits per heavy atom. The fourth-order valence-electron chi connectivity index (χ4n) is 3.57. The second-order valence-electron chi connectivity index (χ2n) is 7.65. The average Bonchev–Trinajstić information content (AvgIpc) is 2.77. The predicted octanol–water partition coefficient (Wildman–Crippen LogP) is 3.95. The second kappa shape index (κ2) is 10.8. The maximum Gasteiger partial charge on any atom is 0.373 e. The van der Waals surface area contributed by atoms with E-state index in [2.05, 4.69) is 9.97 Å². The second-order valence-corrected chi connectivity index (χ2v) is 7.65. The lowest BCUT2D eigenvalue weighted by Crippen LogP contribution is -2.36. The van der Waals surface area contributed by atoms with Gasteiger partial charge in [-0.05, 0) is 56.7 Å². The summed E-state index contributed by atoms with van der Waals surface area (Å²) < 4.78 is 11.3. The summed E-state index contributed by atoms with van der Waals surface area (Å²) in [5, 5.41) is 11.9. The van der Waals surface area contributed by atoms with E-state index < -0.39 is 4.92 Å². The topological polar surface area (TPSA) is 108 Å².